The summed E-state index contributed by atoms with van der Waals surface area (Å²) in [6, 6.07) is 6.43. The number of benzene rings is 1. The molecule has 1 aromatic rings. The fraction of sp³-hybridized carbons (Fsp3) is 0.538. The molecule has 1 saturated heterocycles. The van der Waals surface area contributed by atoms with Gasteiger partial charge < -0.3 is 15.6 Å². The summed E-state index contributed by atoms with van der Waals surface area (Å²) in [5, 5.41) is 9.47. The van der Waals surface area contributed by atoms with Gasteiger partial charge in [0.05, 0.1) is 24.9 Å². The summed E-state index contributed by atoms with van der Waals surface area (Å²) in [7, 11) is 0. The van der Waals surface area contributed by atoms with E-state index in [-0.39, 0.29) is 31.1 Å². The third-order valence-electron chi connectivity index (χ3n) is 3.62. The molecule has 0 bridgehead atoms. The van der Waals surface area contributed by atoms with Crippen molar-refractivity contribution in [2.45, 2.75) is 25.0 Å². The summed E-state index contributed by atoms with van der Waals surface area (Å²) in [5.74, 6) is -0.599. The summed E-state index contributed by atoms with van der Waals surface area (Å²) in [5.41, 5.74) is 5.77. The van der Waals surface area contributed by atoms with Crippen molar-refractivity contribution in [3.05, 3.63) is 35.6 Å². The van der Waals surface area contributed by atoms with E-state index in [1.54, 1.807) is 18.2 Å². The van der Waals surface area contributed by atoms with Gasteiger partial charge in [-0.1, -0.05) is 25.1 Å². The predicted octanol–water partition coefficient (Wildman–Crippen LogP) is 1.40. The first-order valence-corrected chi connectivity index (χ1v) is 5.89. The molecule has 0 saturated carbocycles. The maximum absolute atomic E-state index is 13.8. The van der Waals surface area contributed by atoms with E-state index in [0.717, 1.165) is 6.42 Å². The van der Waals surface area contributed by atoms with Gasteiger partial charge in [0.2, 0.25) is 0 Å². The van der Waals surface area contributed by atoms with E-state index < -0.39 is 5.54 Å². The van der Waals surface area contributed by atoms with Crippen LogP contribution in [0.5, 0.6) is 0 Å². The lowest BCUT2D eigenvalue weighted by Crippen LogP contribution is -2.47. The Balaban J connectivity index is 2.39. The second-order valence-electron chi connectivity index (χ2n) is 4.57. The van der Waals surface area contributed by atoms with Crippen molar-refractivity contribution in [1.82, 2.24) is 0 Å². The van der Waals surface area contributed by atoms with E-state index in [1.165, 1.54) is 6.07 Å². The number of rotatable bonds is 3. The molecule has 0 unspecified atom stereocenters. The van der Waals surface area contributed by atoms with Crippen LogP contribution in [0.3, 0.4) is 0 Å². The second-order valence-corrected chi connectivity index (χ2v) is 4.57. The number of aliphatic hydroxyl groups excluding tert-OH is 1. The normalized spacial score (nSPS) is 32.9. The average Bonchev–Trinajstić information content (AvgIpc) is 2.67. The van der Waals surface area contributed by atoms with Crippen LogP contribution in [0.1, 0.15) is 18.9 Å². The molecular weight excluding hydrogens is 221 g/mol. The van der Waals surface area contributed by atoms with Crippen LogP contribution in [0, 0.1) is 11.7 Å². The minimum atomic E-state index is -0.930. The maximum atomic E-state index is 13.8. The van der Waals surface area contributed by atoms with Crippen LogP contribution in [0.4, 0.5) is 4.39 Å². The minimum absolute atomic E-state index is 0.0939. The highest BCUT2D eigenvalue weighted by molar-refractivity contribution is 5.29. The van der Waals surface area contributed by atoms with Gasteiger partial charge in [-0.3, -0.25) is 0 Å². The van der Waals surface area contributed by atoms with Crippen molar-refractivity contribution in [3.8, 4) is 0 Å². The van der Waals surface area contributed by atoms with E-state index in [1.807, 2.05) is 6.92 Å². The molecule has 4 heteroatoms. The predicted molar refractivity (Wildman–Crippen MR) is 62.9 cm³/mol. The molecule has 17 heavy (non-hydrogen) atoms. The molecule has 1 aromatic carbocycles. The first-order valence-electron chi connectivity index (χ1n) is 5.89. The highest BCUT2D eigenvalue weighted by Crippen LogP contribution is 2.39. The average molecular weight is 239 g/mol. The van der Waals surface area contributed by atoms with Crippen LogP contribution in [0.15, 0.2) is 24.3 Å². The minimum Gasteiger partial charge on any atom is -0.396 e. The topological polar surface area (TPSA) is 55.5 Å². The van der Waals surface area contributed by atoms with Gasteiger partial charge in [0.25, 0.3) is 0 Å². The van der Waals surface area contributed by atoms with Crippen molar-refractivity contribution in [2.75, 3.05) is 13.2 Å². The van der Waals surface area contributed by atoms with Gasteiger partial charge in [0.1, 0.15) is 5.82 Å². The molecular formula is C13H18FNO2. The zero-order valence-corrected chi connectivity index (χ0v) is 9.90. The molecule has 1 aliphatic rings. The van der Waals surface area contributed by atoms with Gasteiger partial charge in [-0.15, -0.1) is 0 Å². The first-order chi connectivity index (χ1) is 8.13. The van der Waals surface area contributed by atoms with Gasteiger partial charge in [0.15, 0.2) is 0 Å². The molecule has 0 spiro atoms. The Morgan fingerprint density at radius 2 is 2.24 bits per heavy atom. The lowest BCUT2D eigenvalue weighted by Gasteiger charge is -2.30. The second kappa shape index (κ2) is 4.72. The van der Waals surface area contributed by atoms with Crippen molar-refractivity contribution in [3.63, 3.8) is 0 Å². The molecule has 1 aliphatic heterocycles. The molecule has 3 atom stereocenters. The molecule has 2 rings (SSSR count). The number of aliphatic hydroxyl groups is 1. The molecule has 94 valence electrons. The SMILES string of the molecule is CC[C@@H]1OC[C@](N)(c2ccccc2F)[C@H]1CO. The lowest BCUT2D eigenvalue weighted by molar-refractivity contribution is 0.0693. The number of hydrogen-bond donors (Lipinski definition) is 2. The van der Waals surface area contributed by atoms with E-state index in [4.69, 9.17) is 10.5 Å². The quantitative estimate of drug-likeness (QED) is 0.838. The number of ether oxygens (including phenoxy) is 1. The van der Waals surface area contributed by atoms with Crippen LogP contribution in [0.25, 0.3) is 0 Å². The summed E-state index contributed by atoms with van der Waals surface area (Å²) in [4.78, 5) is 0. The van der Waals surface area contributed by atoms with E-state index in [0.29, 0.717) is 5.56 Å². The van der Waals surface area contributed by atoms with Crippen molar-refractivity contribution < 1.29 is 14.2 Å². The number of hydrogen-bond acceptors (Lipinski definition) is 3. The van der Waals surface area contributed by atoms with Crippen LogP contribution in [-0.2, 0) is 10.3 Å². The van der Waals surface area contributed by atoms with Crippen LogP contribution < -0.4 is 5.73 Å². The Morgan fingerprint density at radius 1 is 1.53 bits per heavy atom. The molecule has 1 fully saturated rings. The van der Waals surface area contributed by atoms with Crippen molar-refractivity contribution in [2.24, 2.45) is 11.7 Å². The highest BCUT2D eigenvalue weighted by Gasteiger charge is 2.48. The standard InChI is InChI=1S/C13H18FNO2/c1-2-12-10(7-16)13(15,8-17-12)9-5-3-4-6-11(9)14/h3-6,10,12,16H,2,7-8,15H2,1H3/t10-,12-,13-/m0/s1. The maximum Gasteiger partial charge on any atom is 0.128 e. The van der Waals surface area contributed by atoms with Crippen LogP contribution in [0.2, 0.25) is 0 Å². The molecule has 1 heterocycles. The molecule has 3 N–H and O–H groups in total. The third kappa shape index (κ3) is 1.97. The van der Waals surface area contributed by atoms with Crippen LogP contribution >= 0.6 is 0 Å². The zero-order valence-electron chi connectivity index (χ0n) is 9.90. The Morgan fingerprint density at radius 3 is 2.82 bits per heavy atom. The Hall–Kier alpha value is -0.970. The fourth-order valence-electron chi connectivity index (χ4n) is 2.60. The fourth-order valence-corrected chi connectivity index (χ4v) is 2.60. The summed E-state index contributed by atoms with van der Waals surface area (Å²) >= 11 is 0. The number of halogens is 1. The van der Waals surface area contributed by atoms with Crippen molar-refractivity contribution in [1.29, 1.82) is 0 Å². The largest absolute Gasteiger partial charge is 0.396 e. The Labute approximate surface area is 100 Å². The van der Waals surface area contributed by atoms with Crippen molar-refractivity contribution >= 4 is 0 Å². The summed E-state index contributed by atoms with van der Waals surface area (Å²) < 4.78 is 19.4. The van der Waals surface area contributed by atoms with Gasteiger partial charge in [-0.25, -0.2) is 4.39 Å². The zero-order chi connectivity index (χ0) is 12.5. The highest BCUT2D eigenvalue weighted by atomic mass is 19.1. The molecule has 0 amide bonds. The Kier molecular flexibility index (Phi) is 3.47. The van der Waals surface area contributed by atoms with Gasteiger partial charge in [0, 0.05) is 11.5 Å². The molecule has 0 aliphatic carbocycles. The third-order valence-corrected chi connectivity index (χ3v) is 3.62. The summed E-state index contributed by atoms with van der Waals surface area (Å²) in [6.07, 6.45) is 0.656. The molecule has 0 radical (unpaired) electrons. The molecule has 0 aromatic heterocycles. The smallest absolute Gasteiger partial charge is 0.128 e. The number of nitrogens with two attached hydrogens (primary N) is 1. The first kappa shape index (κ1) is 12.5. The van der Waals surface area contributed by atoms with Gasteiger partial charge >= 0.3 is 0 Å². The van der Waals surface area contributed by atoms with E-state index in [9.17, 15) is 9.50 Å². The van der Waals surface area contributed by atoms with E-state index >= 15 is 0 Å². The summed E-state index contributed by atoms with van der Waals surface area (Å²) in [6.45, 7) is 2.13. The van der Waals surface area contributed by atoms with E-state index in [2.05, 4.69) is 0 Å². The van der Waals surface area contributed by atoms with Gasteiger partial charge in [-0.2, -0.15) is 0 Å². The Bertz CT molecular complexity index is 399. The van der Waals surface area contributed by atoms with Gasteiger partial charge in [-0.05, 0) is 12.5 Å². The lowest BCUT2D eigenvalue weighted by atomic mass is 9.78. The van der Waals surface area contributed by atoms with Crippen LogP contribution in [-0.4, -0.2) is 24.4 Å². The molecule has 3 nitrogen and oxygen atoms in total. The monoisotopic (exact) mass is 239 g/mol.